The van der Waals surface area contributed by atoms with Gasteiger partial charge >= 0.3 is 0 Å². The number of fused-ring (bicyclic) bond motifs is 3. The summed E-state index contributed by atoms with van der Waals surface area (Å²) in [4.78, 5) is 11.7. The van der Waals surface area contributed by atoms with E-state index < -0.39 is 0 Å². The molecule has 1 aliphatic heterocycles. The quantitative estimate of drug-likeness (QED) is 0.256. The second-order valence-corrected chi connectivity index (χ2v) is 9.15. The summed E-state index contributed by atoms with van der Waals surface area (Å²) in [6.45, 7) is 0. The Labute approximate surface area is 216 Å². The van der Waals surface area contributed by atoms with Crippen LogP contribution in [-0.2, 0) is 0 Å². The molecule has 0 bridgehead atoms. The van der Waals surface area contributed by atoms with Crippen molar-refractivity contribution in [1.29, 1.82) is 0 Å². The first-order valence-corrected chi connectivity index (χ1v) is 12.4. The molecule has 0 aliphatic carbocycles. The van der Waals surface area contributed by atoms with Crippen LogP contribution in [-0.4, -0.2) is 9.97 Å². The van der Waals surface area contributed by atoms with E-state index >= 15 is 0 Å². The molecular weight excluding hydrogens is 450 g/mol. The van der Waals surface area contributed by atoms with E-state index in [1.165, 1.54) is 10.9 Å². The second kappa shape index (κ2) is 8.89. The monoisotopic (exact) mass is 473 g/mol. The molecule has 3 heteroatoms. The molecule has 0 saturated heterocycles. The Kier molecular flexibility index (Phi) is 5.11. The van der Waals surface area contributed by atoms with E-state index in [9.17, 15) is 0 Å². The van der Waals surface area contributed by atoms with Crippen molar-refractivity contribution in [3.63, 3.8) is 0 Å². The number of nitrogens with zero attached hydrogens (tertiary/aromatic N) is 3. The zero-order chi connectivity index (χ0) is 24.6. The van der Waals surface area contributed by atoms with E-state index in [4.69, 9.17) is 4.98 Å². The molecule has 6 aromatic rings. The number of para-hydroxylation sites is 1. The smallest absolute Gasteiger partial charge is 0.0781 e. The molecule has 0 spiro atoms. The molecule has 3 nitrogen and oxygen atoms in total. The van der Waals surface area contributed by atoms with Crippen LogP contribution in [0.15, 0.2) is 128 Å². The van der Waals surface area contributed by atoms with E-state index in [0.717, 1.165) is 50.5 Å². The Morgan fingerprint density at radius 3 is 2.27 bits per heavy atom. The van der Waals surface area contributed by atoms with Crippen molar-refractivity contribution in [3.8, 4) is 22.5 Å². The van der Waals surface area contributed by atoms with Crippen LogP contribution in [0.4, 0.5) is 17.1 Å². The Balaban J connectivity index is 1.45. The number of pyridine rings is 2. The molecule has 0 saturated carbocycles. The molecule has 174 valence electrons. The Bertz CT molecular complexity index is 1780. The molecule has 0 fully saturated rings. The highest BCUT2D eigenvalue weighted by molar-refractivity contribution is 5.98. The Morgan fingerprint density at radius 2 is 1.35 bits per heavy atom. The fourth-order valence-electron chi connectivity index (χ4n) is 5.13. The van der Waals surface area contributed by atoms with E-state index in [-0.39, 0.29) is 0 Å². The lowest BCUT2D eigenvalue weighted by Crippen LogP contribution is -2.12. The van der Waals surface area contributed by atoms with Crippen LogP contribution in [0, 0.1) is 0 Å². The first kappa shape index (κ1) is 21.3. The van der Waals surface area contributed by atoms with Gasteiger partial charge in [-0.05, 0) is 59.0 Å². The highest BCUT2D eigenvalue weighted by atomic mass is 15.1. The first-order valence-electron chi connectivity index (χ1n) is 12.4. The zero-order valence-electron chi connectivity index (χ0n) is 20.1. The summed E-state index contributed by atoms with van der Waals surface area (Å²) in [6.07, 6.45) is 8.14. The van der Waals surface area contributed by atoms with Crippen molar-refractivity contribution in [1.82, 2.24) is 9.97 Å². The number of benzene rings is 4. The fraction of sp³-hybridized carbons (Fsp3) is 0. The molecule has 37 heavy (non-hydrogen) atoms. The molecular formula is C34H23N3. The molecule has 0 radical (unpaired) electrons. The summed E-state index contributed by atoms with van der Waals surface area (Å²) >= 11 is 0. The van der Waals surface area contributed by atoms with E-state index in [2.05, 4.69) is 125 Å². The van der Waals surface area contributed by atoms with Gasteiger partial charge in [0.1, 0.15) is 0 Å². The van der Waals surface area contributed by atoms with Crippen molar-refractivity contribution in [3.05, 3.63) is 139 Å². The summed E-state index contributed by atoms with van der Waals surface area (Å²) in [6, 6.07) is 40.3. The van der Waals surface area contributed by atoms with Crippen LogP contribution in [0.2, 0.25) is 0 Å². The van der Waals surface area contributed by atoms with Gasteiger partial charge in [0, 0.05) is 34.6 Å². The van der Waals surface area contributed by atoms with Gasteiger partial charge in [0.15, 0.2) is 0 Å². The molecule has 4 aromatic carbocycles. The summed E-state index contributed by atoms with van der Waals surface area (Å²) in [5, 5.41) is 2.34. The van der Waals surface area contributed by atoms with Crippen LogP contribution >= 0.6 is 0 Å². The molecule has 0 N–H and O–H groups in total. The van der Waals surface area contributed by atoms with Gasteiger partial charge in [-0.3, -0.25) is 9.97 Å². The maximum Gasteiger partial charge on any atom is 0.0781 e. The largest absolute Gasteiger partial charge is 0.309 e. The number of aromatic nitrogens is 2. The fourth-order valence-corrected chi connectivity index (χ4v) is 5.13. The molecule has 1 aliphatic rings. The van der Waals surface area contributed by atoms with Crippen molar-refractivity contribution >= 4 is 40.0 Å². The summed E-state index contributed by atoms with van der Waals surface area (Å²) in [7, 11) is 0. The SMILES string of the molecule is C1=Cc2ccc(-c3nccc4ccccc34)cc2N(c2cccc(-c3ccccn3)c2)c2ccccc21. The van der Waals surface area contributed by atoms with Gasteiger partial charge in [0.2, 0.25) is 0 Å². The third-order valence-electron chi connectivity index (χ3n) is 6.90. The van der Waals surface area contributed by atoms with Crippen LogP contribution in [0.5, 0.6) is 0 Å². The maximum absolute atomic E-state index is 4.80. The highest BCUT2D eigenvalue weighted by Gasteiger charge is 2.21. The van der Waals surface area contributed by atoms with Gasteiger partial charge in [0.25, 0.3) is 0 Å². The van der Waals surface area contributed by atoms with Crippen molar-refractivity contribution in [2.75, 3.05) is 4.90 Å². The van der Waals surface area contributed by atoms with Crippen molar-refractivity contribution in [2.24, 2.45) is 0 Å². The lowest BCUT2D eigenvalue weighted by atomic mass is 10.0. The average Bonchev–Trinajstić information content (AvgIpc) is 3.14. The van der Waals surface area contributed by atoms with E-state index in [1.807, 2.05) is 24.5 Å². The van der Waals surface area contributed by atoms with Gasteiger partial charge in [-0.2, -0.15) is 0 Å². The van der Waals surface area contributed by atoms with Crippen LogP contribution in [0.1, 0.15) is 11.1 Å². The average molecular weight is 474 g/mol. The third-order valence-corrected chi connectivity index (χ3v) is 6.90. The minimum atomic E-state index is 0.958. The highest BCUT2D eigenvalue weighted by Crippen LogP contribution is 2.44. The van der Waals surface area contributed by atoms with E-state index in [1.54, 1.807) is 0 Å². The van der Waals surface area contributed by atoms with Crippen LogP contribution in [0.25, 0.3) is 45.4 Å². The number of anilines is 3. The number of hydrogen-bond acceptors (Lipinski definition) is 3. The number of hydrogen-bond donors (Lipinski definition) is 0. The van der Waals surface area contributed by atoms with E-state index in [0.29, 0.717) is 0 Å². The zero-order valence-corrected chi connectivity index (χ0v) is 20.1. The topological polar surface area (TPSA) is 29.0 Å². The number of rotatable bonds is 3. The standard InChI is InChI=1S/C34H23N3/c1-3-12-30-24(8-1)19-21-36-34(30)28-18-17-26-16-15-25-9-2-4-14-32(25)37(33(26)23-28)29-11-7-10-27(22-29)31-13-5-6-20-35-31/h1-23H. The lowest BCUT2D eigenvalue weighted by molar-refractivity contribution is 1.26. The summed E-state index contributed by atoms with van der Waals surface area (Å²) < 4.78 is 0. The van der Waals surface area contributed by atoms with Crippen molar-refractivity contribution in [2.45, 2.75) is 0 Å². The maximum atomic E-state index is 4.80. The lowest BCUT2D eigenvalue weighted by Gasteiger charge is -2.28. The molecule has 0 unspecified atom stereocenters. The molecule has 2 aromatic heterocycles. The Morgan fingerprint density at radius 1 is 0.514 bits per heavy atom. The minimum absolute atomic E-state index is 0.958. The molecule has 7 rings (SSSR count). The molecule has 0 atom stereocenters. The van der Waals surface area contributed by atoms with Gasteiger partial charge in [-0.25, -0.2) is 0 Å². The first-order chi connectivity index (χ1) is 18.3. The van der Waals surface area contributed by atoms with Crippen LogP contribution < -0.4 is 4.90 Å². The predicted molar refractivity (Wildman–Crippen MR) is 154 cm³/mol. The predicted octanol–water partition coefficient (Wildman–Crippen LogP) is 8.92. The molecule has 0 amide bonds. The van der Waals surface area contributed by atoms with Gasteiger partial charge in [-0.1, -0.05) is 84.9 Å². The third kappa shape index (κ3) is 3.78. The van der Waals surface area contributed by atoms with Gasteiger partial charge in [0.05, 0.1) is 22.8 Å². The van der Waals surface area contributed by atoms with Gasteiger partial charge < -0.3 is 4.90 Å². The van der Waals surface area contributed by atoms with Gasteiger partial charge in [-0.15, -0.1) is 0 Å². The second-order valence-electron chi connectivity index (χ2n) is 9.15. The summed E-state index contributed by atoms with van der Waals surface area (Å²) in [5.41, 5.74) is 9.80. The molecule has 3 heterocycles. The summed E-state index contributed by atoms with van der Waals surface area (Å²) in [5.74, 6) is 0. The Hall–Kier alpha value is -5.02. The van der Waals surface area contributed by atoms with Crippen LogP contribution in [0.3, 0.4) is 0 Å². The van der Waals surface area contributed by atoms with Crippen molar-refractivity contribution < 1.29 is 0 Å². The normalized spacial score (nSPS) is 12.2. The minimum Gasteiger partial charge on any atom is -0.309 e.